The molecule has 1 aromatic rings. The van der Waals surface area contributed by atoms with Gasteiger partial charge in [-0.15, -0.1) is 0 Å². The van der Waals surface area contributed by atoms with E-state index in [-0.39, 0.29) is 5.84 Å². The highest BCUT2D eigenvalue weighted by Gasteiger charge is 2.09. The number of aromatic nitrogens is 1. The maximum absolute atomic E-state index is 8.58. The maximum atomic E-state index is 8.58. The summed E-state index contributed by atoms with van der Waals surface area (Å²) in [5, 5.41) is 11.5. The molecule has 0 spiro atoms. The number of anilines is 1. The highest BCUT2D eigenvalue weighted by molar-refractivity contribution is 5.95. The lowest BCUT2D eigenvalue weighted by atomic mass is 10.1. The van der Waals surface area contributed by atoms with E-state index >= 15 is 0 Å². The molecule has 100 valence electrons. The van der Waals surface area contributed by atoms with Crippen molar-refractivity contribution in [2.24, 2.45) is 16.8 Å². The molecule has 0 aliphatic carbocycles. The first-order valence-electron chi connectivity index (χ1n) is 6.31. The minimum absolute atomic E-state index is 0.0338. The van der Waals surface area contributed by atoms with E-state index in [0.29, 0.717) is 11.6 Å². The van der Waals surface area contributed by atoms with Gasteiger partial charge in [-0.1, -0.05) is 25.4 Å². The Balaban J connectivity index is 2.82. The van der Waals surface area contributed by atoms with E-state index in [1.54, 1.807) is 12.3 Å². The third-order valence-electron chi connectivity index (χ3n) is 3.09. The molecule has 0 aliphatic rings. The molecule has 5 heteroatoms. The molecule has 1 atom stereocenters. The van der Waals surface area contributed by atoms with E-state index < -0.39 is 0 Å². The Bertz CT molecular complexity index is 388. The van der Waals surface area contributed by atoms with Crippen molar-refractivity contribution in [3.8, 4) is 0 Å². The molecule has 0 bridgehead atoms. The summed E-state index contributed by atoms with van der Waals surface area (Å²) >= 11 is 0. The Morgan fingerprint density at radius 1 is 1.50 bits per heavy atom. The molecule has 1 aromatic heterocycles. The van der Waals surface area contributed by atoms with Crippen LogP contribution in [0.2, 0.25) is 0 Å². The Hall–Kier alpha value is -1.78. The molecule has 0 saturated heterocycles. The molecule has 0 amide bonds. The first-order valence-corrected chi connectivity index (χ1v) is 6.31. The first kappa shape index (κ1) is 14.3. The summed E-state index contributed by atoms with van der Waals surface area (Å²) in [6.45, 7) is 8.51. The number of nitrogens with two attached hydrogens (primary N) is 1. The molecule has 5 nitrogen and oxygen atoms in total. The van der Waals surface area contributed by atoms with Gasteiger partial charge in [0.25, 0.3) is 0 Å². The van der Waals surface area contributed by atoms with Gasteiger partial charge in [-0.3, -0.25) is 4.98 Å². The van der Waals surface area contributed by atoms with Gasteiger partial charge in [-0.05, 0) is 25.0 Å². The quantitative estimate of drug-likeness (QED) is 0.351. The van der Waals surface area contributed by atoms with Gasteiger partial charge in [0.05, 0.1) is 11.9 Å². The van der Waals surface area contributed by atoms with Crippen LogP contribution in [0.1, 0.15) is 32.9 Å². The average molecular weight is 250 g/mol. The van der Waals surface area contributed by atoms with E-state index in [0.717, 1.165) is 25.2 Å². The molecule has 18 heavy (non-hydrogen) atoms. The number of amidine groups is 1. The van der Waals surface area contributed by atoms with Crippen LogP contribution in [-0.2, 0) is 0 Å². The van der Waals surface area contributed by atoms with Gasteiger partial charge in [0, 0.05) is 13.1 Å². The van der Waals surface area contributed by atoms with Crippen molar-refractivity contribution >= 4 is 11.5 Å². The third-order valence-corrected chi connectivity index (χ3v) is 3.09. The van der Waals surface area contributed by atoms with Crippen LogP contribution in [-0.4, -0.2) is 29.1 Å². The minimum Gasteiger partial charge on any atom is -0.409 e. The highest BCUT2D eigenvalue weighted by atomic mass is 16.4. The lowest BCUT2D eigenvalue weighted by Gasteiger charge is -2.25. The molecule has 3 N–H and O–H groups in total. The van der Waals surface area contributed by atoms with Gasteiger partial charge in [-0.25, -0.2) is 0 Å². The SMILES string of the molecule is CCC(C)CN(CC)c1ccc(/C(N)=N/O)nc1. The second kappa shape index (κ2) is 6.83. The van der Waals surface area contributed by atoms with E-state index in [9.17, 15) is 0 Å². The first-order chi connectivity index (χ1) is 8.62. The minimum atomic E-state index is 0.0338. The third kappa shape index (κ3) is 3.61. The topological polar surface area (TPSA) is 74.7 Å². The van der Waals surface area contributed by atoms with Crippen LogP contribution >= 0.6 is 0 Å². The zero-order chi connectivity index (χ0) is 13.5. The number of hydrogen-bond donors (Lipinski definition) is 2. The predicted molar refractivity (Wildman–Crippen MR) is 74.1 cm³/mol. The second-order valence-corrected chi connectivity index (χ2v) is 4.44. The summed E-state index contributed by atoms with van der Waals surface area (Å²) in [5.74, 6) is 0.681. The Labute approximate surface area is 108 Å². The molecule has 0 aliphatic heterocycles. The zero-order valence-electron chi connectivity index (χ0n) is 11.3. The summed E-state index contributed by atoms with van der Waals surface area (Å²) in [5.41, 5.74) is 7.03. The lowest BCUT2D eigenvalue weighted by Crippen LogP contribution is -2.28. The lowest BCUT2D eigenvalue weighted by molar-refractivity contribution is 0.318. The fourth-order valence-corrected chi connectivity index (χ4v) is 1.70. The monoisotopic (exact) mass is 250 g/mol. The van der Waals surface area contributed by atoms with Gasteiger partial charge < -0.3 is 15.8 Å². The largest absolute Gasteiger partial charge is 0.409 e. The van der Waals surface area contributed by atoms with E-state index in [2.05, 4.69) is 35.8 Å². The number of hydrogen-bond acceptors (Lipinski definition) is 4. The van der Waals surface area contributed by atoms with Crippen molar-refractivity contribution in [1.29, 1.82) is 0 Å². The van der Waals surface area contributed by atoms with Crippen LogP contribution in [0.5, 0.6) is 0 Å². The summed E-state index contributed by atoms with van der Waals surface area (Å²) in [7, 11) is 0. The molecule has 1 heterocycles. The van der Waals surface area contributed by atoms with Crippen molar-refractivity contribution in [3.05, 3.63) is 24.0 Å². The molecular formula is C13H22N4O. The highest BCUT2D eigenvalue weighted by Crippen LogP contribution is 2.15. The second-order valence-electron chi connectivity index (χ2n) is 4.44. The van der Waals surface area contributed by atoms with Crippen molar-refractivity contribution in [2.45, 2.75) is 27.2 Å². The van der Waals surface area contributed by atoms with E-state index in [4.69, 9.17) is 10.9 Å². The van der Waals surface area contributed by atoms with E-state index in [1.807, 2.05) is 6.07 Å². The zero-order valence-corrected chi connectivity index (χ0v) is 11.3. The van der Waals surface area contributed by atoms with Crippen LogP contribution in [0.25, 0.3) is 0 Å². The van der Waals surface area contributed by atoms with Gasteiger partial charge in [0.15, 0.2) is 5.84 Å². The molecule has 1 rings (SSSR count). The Morgan fingerprint density at radius 2 is 2.22 bits per heavy atom. The van der Waals surface area contributed by atoms with Gasteiger partial charge in [0.1, 0.15) is 5.69 Å². The summed E-state index contributed by atoms with van der Waals surface area (Å²) in [4.78, 5) is 6.47. The molecule has 0 saturated carbocycles. The van der Waals surface area contributed by atoms with Crippen LogP contribution in [0.3, 0.4) is 0 Å². The summed E-state index contributed by atoms with van der Waals surface area (Å²) in [6.07, 6.45) is 2.92. The summed E-state index contributed by atoms with van der Waals surface area (Å²) in [6, 6.07) is 3.72. The number of rotatable bonds is 6. The summed E-state index contributed by atoms with van der Waals surface area (Å²) < 4.78 is 0. The smallest absolute Gasteiger partial charge is 0.188 e. The fraction of sp³-hybridized carbons (Fsp3) is 0.538. The standard InChI is InChI=1S/C13H22N4O/c1-4-10(3)9-17(5-2)11-6-7-12(15-8-11)13(14)16-18/h6-8,10,18H,4-5,9H2,1-3H3,(H2,14,16). The van der Waals surface area contributed by atoms with Crippen molar-refractivity contribution in [3.63, 3.8) is 0 Å². The average Bonchev–Trinajstić information content (AvgIpc) is 2.43. The molecule has 0 radical (unpaired) electrons. The predicted octanol–water partition coefficient (Wildman–Crippen LogP) is 2.05. The van der Waals surface area contributed by atoms with Crippen LogP contribution in [0.15, 0.2) is 23.5 Å². The van der Waals surface area contributed by atoms with Crippen molar-refractivity contribution < 1.29 is 5.21 Å². The van der Waals surface area contributed by atoms with Gasteiger partial charge in [0.2, 0.25) is 0 Å². The molecule has 0 fully saturated rings. The Morgan fingerprint density at radius 3 is 2.67 bits per heavy atom. The van der Waals surface area contributed by atoms with Crippen molar-refractivity contribution in [2.75, 3.05) is 18.0 Å². The van der Waals surface area contributed by atoms with Crippen LogP contribution in [0.4, 0.5) is 5.69 Å². The van der Waals surface area contributed by atoms with Gasteiger partial charge >= 0.3 is 0 Å². The number of nitrogens with zero attached hydrogens (tertiary/aromatic N) is 3. The van der Waals surface area contributed by atoms with Gasteiger partial charge in [-0.2, -0.15) is 0 Å². The fourth-order valence-electron chi connectivity index (χ4n) is 1.70. The Kier molecular flexibility index (Phi) is 5.42. The molecule has 0 aromatic carbocycles. The van der Waals surface area contributed by atoms with Crippen LogP contribution < -0.4 is 10.6 Å². The molecular weight excluding hydrogens is 228 g/mol. The normalized spacial score (nSPS) is 13.4. The van der Waals surface area contributed by atoms with Crippen LogP contribution in [0, 0.1) is 5.92 Å². The molecule has 1 unspecified atom stereocenters. The maximum Gasteiger partial charge on any atom is 0.188 e. The number of pyridine rings is 1. The van der Waals surface area contributed by atoms with Crippen molar-refractivity contribution in [1.82, 2.24) is 4.98 Å². The number of oxime groups is 1. The van der Waals surface area contributed by atoms with E-state index in [1.165, 1.54) is 0 Å².